The number of carbonyl (C=O) groups excluding carboxylic acids is 3. The smallest absolute Gasteiger partial charge is 0.337 e. The molecule has 0 aliphatic carbocycles. The van der Waals surface area contributed by atoms with Crippen LogP contribution in [-0.4, -0.2) is 50.6 Å². The Hall–Kier alpha value is -4.59. The van der Waals surface area contributed by atoms with Crippen molar-refractivity contribution >= 4 is 34.8 Å². The molecule has 1 fully saturated rings. The fraction of sp³-hybridized carbons (Fsp3) is 0.233. The van der Waals surface area contributed by atoms with Gasteiger partial charge in [-0.1, -0.05) is 25.1 Å². The topological polar surface area (TPSA) is 96.4 Å². The lowest BCUT2D eigenvalue weighted by atomic mass is 9.94. The molecule has 1 saturated heterocycles. The highest BCUT2D eigenvalue weighted by Crippen LogP contribution is 2.42. The van der Waals surface area contributed by atoms with E-state index in [1.54, 1.807) is 42.5 Å². The molecule has 1 atom stereocenters. The molecule has 8 heteroatoms. The molecule has 1 aliphatic rings. The summed E-state index contributed by atoms with van der Waals surface area (Å²) in [6, 6.07) is 19.5. The van der Waals surface area contributed by atoms with Crippen LogP contribution in [-0.2, 0) is 14.3 Å². The van der Waals surface area contributed by atoms with Gasteiger partial charge in [-0.2, -0.15) is 0 Å². The number of ether oxygens (including phenoxy) is 2. The van der Waals surface area contributed by atoms with E-state index in [4.69, 9.17) is 9.47 Å². The zero-order chi connectivity index (χ0) is 27.4. The largest absolute Gasteiger partial charge is 0.507 e. The second kappa shape index (κ2) is 11.2. The number of esters is 1. The van der Waals surface area contributed by atoms with E-state index in [-0.39, 0.29) is 16.9 Å². The second-order valence-electron chi connectivity index (χ2n) is 9.07. The molecule has 0 bridgehead atoms. The van der Waals surface area contributed by atoms with Gasteiger partial charge in [-0.3, -0.25) is 14.5 Å². The highest BCUT2D eigenvalue weighted by molar-refractivity contribution is 6.51. The number of aliphatic hydroxyl groups excluding tert-OH is 1. The molecule has 4 rings (SSSR count). The molecule has 1 aliphatic heterocycles. The molecule has 1 heterocycles. The van der Waals surface area contributed by atoms with Crippen LogP contribution >= 0.6 is 0 Å². The van der Waals surface area contributed by atoms with E-state index < -0.39 is 23.7 Å². The number of aliphatic hydroxyl groups is 1. The fourth-order valence-corrected chi connectivity index (χ4v) is 4.35. The molecular weight excluding hydrogens is 484 g/mol. The van der Waals surface area contributed by atoms with Crippen LogP contribution in [0, 0.1) is 0 Å². The molecule has 196 valence electrons. The number of ketones is 1. The maximum atomic E-state index is 13.4. The molecular formula is C30H30N2O6. The Morgan fingerprint density at radius 1 is 0.974 bits per heavy atom. The number of rotatable bonds is 8. The Balaban J connectivity index is 1.86. The Bertz CT molecular complexity index is 1380. The van der Waals surface area contributed by atoms with Crippen molar-refractivity contribution in [3.05, 3.63) is 95.1 Å². The minimum atomic E-state index is -0.921. The minimum absolute atomic E-state index is 0.0432. The zero-order valence-electron chi connectivity index (χ0n) is 21.8. The van der Waals surface area contributed by atoms with Gasteiger partial charge in [-0.25, -0.2) is 4.79 Å². The van der Waals surface area contributed by atoms with Gasteiger partial charge in [0.25, 0.3) is 11.7 Å². The van der Waals surface area contributed by atoms with Crippen LogP contribution in [0.15, 0.2) is 78.4 Å². The van der Waals surface area contributed by atoms with Crippen LogP contribution < -0.4 is 14.5 Å². The highest BCUT2D eigenvalue weighted by atomic mass is 16.5. The highest BCUT2D eigenvalue weighted by Gasteiger charge is 2.47. The number of methoxy groups -OCH3 is 1. The minimum Gasteiger partial charge on any atom is -0.507 e. The van der Waals surface area contributed by atoms with Crippen molar-refractivity contribution in [2.75, 3.05) is 37.6 Å². The van der Waals surface area contributed by atoms with E-state index in [0.29, 0.717) is 29.2 Å². The van der Waals surface area contributed by atoms with Gasteiger partial charge in [-0.05, 0) is 66.6 Å². The van der Waals surface area contributed by atoms with Gasteiger partial charge in [0.05, 0.1) is 30.9 Å². The van der Waals surface area contributed by atoms with Crippen molar-refractivity contribution in [2.24, 2.45) is 0 Å². The Morgan fingerprint density at radius 3 is 2.26 bits per heavy atom. The molecule has 1 N–H and O–H groups in total. The van der Waals surface area contributed by atoms with Crippen molar-refractivity contribution in [2.45, 2.75) is 19.4 Å². The van der Waals surface area contributed by atoms with E-state index >= 15 is 0 Å². The first-order valence-corrected chi connectivity index (χ1v) is 12.3. The number of anilines is 2. The van der Waals surface area contributed by atoms with Gasteiger partial charge < -0.3 is 19.5 Å². The van der Waals surface area contributed by atoms with Crippen LogP contribution in [0.25, 0.3) is 5.76 Å². The first kappa shape index (κ1) is 26.5. The van der Waals surface area contributed by atoms with Crippen molar-refractivity contribution < 1.29 is 29.0 Å². The summed E-state index contributed by atoms with van der Waals surface area (Å²) >= 11 is 0. The summed E-state index contributed by atoms with van der Waals surface area (Å²) in [5.41, 5.74) is 2.46. The number of hydrogen-bond acceptors (Lipinski definition) is 7. The van der Waals surface area contributed by atoms with Crippen molar-refractivity contribution in [1.29, 1.82) is 0 Å². The normalized spacial score (nSPS) is 16.4. The quantitative estimate of drug-likeness (QED) is 0.197. The number of nitrogens with zero attached hydrogens (tertiary/aromatic N) is 2. The predicted octanol–water partition coefficient (Wildman–Crippen LogP) is 4.95. The summed E-state index contributed by atoms with van der Waals surface area (Å²) in [5, 5.41) is 11.4. The van der Waals surface area contributed by atoms with Crippen molar-refractivity contribution in [3.63, 3.8) is 0 Å². The second-order valence-corrected chi connectivity index (χ2v) is 9.07. The van der Waals surface area contributed by atoms with Crippen molar-refractivity contribution in [3.8, 4) is 5.75 Å². The van der Waals surface area contributed by atoms with Gasteiger partial charge in [-0.15, -0.1) is 0 Å². The number of benzene rings is 3. The van der Waals surface area contributed by atoms with Crippen LogP contribution in [0.2, 0.25) is 0 Å². The standard InChI is InChI=1S/C30H30N2O6/c1-5-17-38-24-15-11-20(12-16-24)27(33)25-26(19-9-13-22(14-10-19)31(2)3)32(29(35)28(25)34)23-8-6-7-21(18-23)30(36)37-4/h6-16,18,26,33H,5,17H2,1-4H3/b27-25+. The van der Waals surface area contributed by atoms with Gasteiger partial charge >= 0.3 is 5.97 Å². The third kappa shape index (κ3) is 5.11. The number of amides is 1. The molecule has 8 nitrogen and oxygen atoms in total. The zero-order valence-corrected chi connectivity index (χ0v) is 21.8. The van der Waals surface area contributed by atoms with Gasteiger partial charge in [0.2, 0.25) is 0 Å². The van der Waals surface area contributed by atoms with Crippen LogP contribution in [0.5, 0.6) is 5.75 Å². The van der Waals surface area contributed by atoms with E-state index in [1.807, 2.05) is 50.2 Å². The van der Waals surface area contributed by atoms with Crippen LogP contribution in [0.3, 0.4) is 0 Å². The lowest BCUT2D eigenvalue weighted by Crippen LogP contribution is -2.29. The maximum absolute atomic E-state index is 13.4. The van der Waals surface area contributed by atoms with E-state index in [1.165, 1.54) is 18.1 Å². The lowest BCUT2D eigenvalue weighted by Gasteiger charge is -2.26. The van der Waals surface area contributed by atoms with Crippen LogP contribution in [0.1, 0.15) is 40.9 Å². The molecule has 3 aromatic carbocycles. The molecule has 0 saturated carbocycles. The average Bonchev–Trinajstić information content (AvgIpc) is 3.21. The molecule has 3 aromatic rings. The van der Waals surface area contributed by atoms with Crippen molar-refractivity contribution in [1.82, 2.24) is 0 Å². The molecule has 0 radical (unpaired) electrons. The maximum Gasteiger partial charge on any atom is 0.337 e. The molecule has 1 amide bonds. The van der Waals surface area contributed by atoms with Gasteiger partial charge in [0.1, 0.15) is 11.5 Å². The van der Waals surface area contributed by atoms with E-state index in [0.717, 1.165) is 12.1 Å². The average molecular weight is 515 g/mol. The fourth-order valence-electron chi connectivity index (χ4n) is 4.35. The first-order valence-electron chi connectivity index (χ1n) is 12.3. The van der Waals surface area contributed by atoms with E-state index in [9.17, 15) is 19.5 Å². The molecule has 0 aromatic heterocycles. The first-order chi connectivity index (χ1) is 18.3. The SMILES string of the molecule is CCCOc1ccc(/C(O)=C2\C(=O)C(=O)N(c3cccc(C(=O)OC)c3)C2c2ccc(N(C)C)cc2)cc1. The Kier molecular flexibility index (Phi) is 7.81. The summed E-state index contributed by atoms with van der Waals surface area (Å²) in [5.74, 6) is -1.85. The third-order valence-electron chi connectivity index (χ3n) is 6.32. The molecule has 1 unspecified atom stereocenters. The van der Waals surface area contributed by atoms with Crippen LogP contribution in [0.4, 0.5) is 11.4 Å². The summed E-state index contributed by atoms with van der Waals surface area (Å²) in [6.45, 7) is 2.56. The summed E-state index contributed by atoms with van der Waals surface area (Å²) in [6.07, 6.45) is 0.856. The van der Waals surface area contributed by atoms with Gasteiger partial charge in [0, 0.05) is 31.0 Å². The van der Waals surface area contributed by atoms with Gasteiger partial charge in [0.15, 0.2) is 0 Å². The lowest BCUT2D eigenvalue weighted by molar-refractivity contribution is -0.132. The summed E-state index contributed by atoms with van der Waals surface area (Å²) < 4.78 is 10.4. The molecule has 0 spiro atoms. The summed E-state index contributed by atoms with van der Waals surface area (Å²) in [7, 11) is 5.09. The Morgan fingerprint density at radius 2 is 1.66 bits per heavy atom. The summed E-state index contributed by atoms with van der Waals surface area (Å²) in [4.78, 5) is 42.2. The third-order valence-corrected chi connectivity index (χ3v) is 6.32. The Labute approximate surface area is 221 Å². The predicted molar refractivity (Wildman–Crippen MR) is 146 cm³/mol. The van der Waals surface area contributed by atoms with E-state index in [2.05, 4.69) is 0 Å². The number of Topliss-reactive ketones (excluding diaryl/α,β-unsaturated/α-hetero) is 1. The number of hydrogen-bond donors (Lipinski definition) is 1. The monoisotopic (exact) mass is 514 g/mol. The molecule has 38 heavy (non-hydrogen) atoms. The number of carbonyl (C=O) groups is 3.